The van der Waals surface area contributed by atoms with Crippen molar-refractivity contribution in [1.29, 1.82) is 5.26 Å². The van der Waals surface area contributed by atoms with E-state index in [0.717, 1.165) is 6.42 Å². The van der Waals surface area contributed by atoms with E-state index in [1.165, 1.54) is 16.7 Å². The van der Waals surface area contributed by atoms with Crippen molar-refractivity contribution in [3.63, 3.8) is 0 Å². The van der Waals surface area contributed by atoms with Crippen molar-refractivity contribution < 1.29 is 13.5 Å². The zero-order valence-corrected chi connectivity index (χ0v) is 19.2. The van der Waals surface area contributed by atoms with Crippen LogP contribution in [0.1, 0.15) is 36.0 Å². The molecule has 2 aromatic carbocycles. The van der Waals surface area contributed by atoms with Gasteiger partial charge in [0, 0.05) is 6.54 Å². The fourth-order valence-corrected chi connectivity index (χ4v) is 4.67. The lowest BCUT2D eigenvalue weighted by Gasteiger charge is -2.28. The molecular formula is C25H21F2N7O2. The Morgan fingerprint density at radius 2 is 1.92 bits per heavy atom. The highest BCUT2D eigenvalue weighted by Gasteiger charge is 2.34. The van der Waals surface area contributed by atoms with Crippen LogP contribution in [0.3, 0.4) is 0 Å². The maximum atomic E-state index is 13.9. The Labute approximate surface area is 204 Å². The summed E-state index contributed by atoms with van der Waals surface area (Å²) in [5.74, 6) is 0.552. The Kier molecular flexibility index (Phi) is 5.93. The number of ether oxygens (including phenoxy) is 1. The van der Waals surface area contributed by atoms with Crippen molar-refractivity contribution in [3.05, 3.63) is 76.0 Å². The number of para-hydroxylation sites is 1. The lowest BCUT2D eigenvalue weighted by molar-refractivity contribution is -0.0488. The Morgan fingerprint density at radius 3 is 2.64 bits per heavy atom. The van der Waals surface area contributed by atoms with Gasteiger partial charge in [-0.3, -0.25) is 9.36 Å². The molecule has 11 heteroatoms. The lowest BCUT2D eigenvalue weighted by Crippen LogP contribution is -2.32. The molecule has 182 valence electrons. The molecule has 1 fully saturated rings. The number of nitriles is 1. The summed E-state index contributed by atoms with van der Waals surface area (Å²) in [7, 11) is 0. The number of rotatable bonds is 5. The van der Waals surface area contributed by atoms with Crippen molar-refractivity contribution in [1.82, 2.24) is 19.5 Å². The molecule has 0 amide bonds. The van der Waals surface area contributed by atoms with Gasteiger partial charge >= 0.3 is 6.61 Å². The second-order valence-electron chi connectivity index (χ2n) is 8.30. The number of hydrogen-bond acceptors (Lipinski definition) is 8. The molecule has 36 heavy (non-hydrogen) atoms. The van der Waals surface area contributed by atoms with Crippen LogP contribution >= 0.6 is 0 Å². The molecule has 5 rings (SSSR count). The predicted octanol–water partition coefficient (Wildman–Crippen LogP) is 3.88. The quantitative estimate of drug-likeness (QED) is 0.448. The molecular weight excluding hydrogens is 468 g/mol. The maximum absolute atomic E-state index is 13.9. The van der Waals surface area contributed by atoms with Gasteiger partial charge in [-0.25, -0.2) is 9.97 Å². The first-order valence-corrected chi connectivity index (χ1v) is 11.3. The summed E-state index contributed by atoms with van der Waals surface area (Å²) in [4.78, 5) is 29.0. The van der Waals surface area contributed by atoms with E-state index in [-0.39, 0.29) is 28.2 Å². The molecule has 1 atom stereocenters. The van der Waals surface area contributed by atoms with Gasteiger partial charge in [-0.2, -0.15) is 19.0 Å². The largest absolute Gasteiger partial charge is 0.434 e. The van der Waals surface area contributed by atoms with Gasteiger partial charge in [0.05, 0.1) is 22.9 Å². The minimum Gasteiger partial charge on any atom is -0.434 e. The van der Waals surface area contributed by atoms with Crippen LogP contribution in [0.2, 0.25) is 0 Å². The monoisotopic (exact) mass is 489 g/mol. The number of nitrogen functional groups attached to an aromatic ring is 1. The van der Waals surface area contributed by atoms with Crippen molar-refractivity contribution >= 4 is 22.7 Å². The van der Waals surface area contributed by atoms with Crippen molar-refractivity contribution in [2.45, 2.75) is 32.4 Å². The minimum absolute atomic E-state index is 0.0351. The third-order valence-electron chi connectivity index (χ3n) is 6.14. The fraction of sp³-hybridized carbons (Fsp3) is 0.240. The van der Waals surface area contributed by atoms with Gasteiger partial charge in [0.25, 0.3) is 5.56 Å². The van der Waals surface area contributed by atoms with Crippen molar-refractivity contribution in [2.24, 2.45) is 0 Å². The molecule has 4 aromatic rings. The van der Waals surface area contributed by atoms with Gasteiger partial charge < -0.3 is 15.4 Å². The van der Waals surface area contributed by atoms with Crippen LogP contribution in [0.4, 0.5) is 20.5 Å². The summed E-state index contributed by atoms with van der Waals surface area (Å²) in [5.41, 5.74) is 6.85. The third-order valence-corrected chi connectivity index (χ3v) is 6.14. The Balaban J connectivity index is 1.78. The van der Waals surface area contributed by atoms with Crippen LogP contribution in [0.25, 0.3) is 16.6 Å². The zero-order chi connectivity index (χ0) is 25.4. The van der Waals surface area contributed by atoms with Gasteiger partial charge in [-0.15, -0.1) is 0 Å². The number of benzene rings is 2. The lowest BCUT2D eigenvalue weighted by atomic mass is 10.1. The maximum Gasteiger partial charge on any atom is 0.387 e. The molecule has 1 saturated heterocycles. The minimum atomic E-state index is -3.10. The molecule has 2 N–H and O–H groups in total. The molecule has 0 aliphatic carbocycles. The third kappa shape index (κ3) is 3.96. The summed E-state index contributed by atoms with van der Waals surface area (Å²) >= 11 is 0. The van der Waals surface area contributed by atoms with Crippen LogP contribution in [-0.4, -0.2) is 32.7 Å². The number of nitrogens with two attached hydrogens (primary N) is 1. The van der Waals surface area contributed by atoms with Gasteiger partial charge in [-0.1, -0.05) is 24.3 Å². The first kappa shape index (κ1) is 23.2. The first-order chi connectivity index (χ1) is 17.4. The molecule has 9 nitrogen and oxygen atoms in total. The van der Waals surface area contributed by atoms with Crippen LogP contribution in [0, 0.1) is 18.3 Å². The number of halogens is 2. The average Bonchev–Trinajstić information content (AvgIpc) is 3.33. The smallest absolute Gasteiger partial charge is 0.387 e. The number of aryl methyl sites for hydroxylation is 1. The van der Waals surface area contributed by atoms with E-state index in [9.17, 15) is 18.8 Å². The Bertz CT molecular complexity index is 1550. The van der Waals surface area contributed by atoms with E-state index in [4.69, 9.17) is 10.7 Å². The van der Waals surface area contributed by atoms with Crippen LogP contribution in [0.5, 0.6) is 5.75 Å². The number of fused-ring (bicyclic) bond motifs is 1. The van der Waals surface area contributed by atoms with E-state index in [1.807, 2.05) is 11.0 Å². The van der Waals surface area contributed by atoms with Gasteiger partial charge in [0.1, 0.15) is 28.6 Å². The van der Waals surface area contributed by atoms with E-state index in [1.54, 1.807) is 37.3 Å². The highest BCUT2D eigenvalue weighted by molar-refractivity contribution is 5.84. The molecule has 1 aliphatic heterocycles. The Hall–Kier alpha value is -4.59. The standard InChI is InChI=1S/C25H21F2N7O2/c1-14-16(13-28)21(32-25(29)30-14)33-12-6-10-18(33)22-31-17-9-5-11-19(36-24(26)27)20(17)23(35)34(22)15-7-3-2-4-8-15/h2-5,7-9,11,18,24H,6,10,12H2,1H3,(H2,29,30,32)/t18-/m0/s1. The van der Waals surface area contributed by atoms with Gasteiger partial charge in [0.2, 0.25) is 5.95 Å². The van der Waals surface area contributed by atoms with Crippen molar-refractivity contribution in [2.75, 3.05) is 17.2 Å². The predicted molar refractivity (Wildman–Crippen MR) is 129 cm³/mol. The summed E-state index contributed by atoms with van der Waals surface area (Å²) in [5, 5.41) is 9.74. The van der Waals surface area contributed by atoms with Gasteiger partial charge in [-0.05, 0) is 44.0 Å². The zero-order valence-electron chi connectivity index (χ0n) is 19.2. The summed E-state index contributed by atoms with van der Waals surface area (Å²) in [6.07, 6.45) is 1.36. The molecule has 1 aliphatic rings. The molecule has 0 bridgehead atoms. The molecule has 0 unspecified atom stereocenters. The number of anilines is 2. The number of aromatic nitrogens is 4. The number of alkyl halides is 2. The van der Waals surface area contributed by atoms with Crippen LogP contribution < -0.4 is 20.9 Å². The number of nitrogens with zero attached hydrogens (tertiary/aromatic N) is 6. The van der Waals surface area contributed by atoms with E-state index in [2.05, 4.69) is 20.8 Å². The number of hydrogen-bond donors (Lipinski definition) is 1. The van der Waals surface area contributed by atoms with Crippen LogP contribution in [0.15, 0.2) is 53.3 Å². The normalized spacial score (nSPS) is 15.4. The SMILES string of the molecule is Cc1nc(N)nc(N2CCC[C@H]2c2nc3cccc(OC(F)F)c3c(=O)n2-c2ccccc2)c1C#N. The van der Waals surface area contributed by atoms with Crippen LogP contribution in [-0.2, 0) is 0 Å². The molecule has 0 radical (unpaired) electrons. The summed E-state index contributed by atoms with van der Waals surface area (Å²) in [6, 6.07) is 15.0. The van der Waals surface area contributed by atoms with Gasteiger partial charge in [0.15, 0.2) is 5.82 Å². The van der Waals surface area contributed by atoms with E-state index < -0.39 is 18.2 Å². The second kappa shape index (κ2) is 9.22. The van der Waals surface area contributed by atoms with Crippen molar-refractivity contribution in [3.8, 4) is 17.5 Å². The highest BCUT2D eigenvalue weighted by Crippen LogP contribution is 2.38. The average molecular weight is 489 g/mol. The molecule has 0 saturated carbocycles. The molecule has 0 spiro atoms. The molecule has 3 heterocycles. The van der Waals surface area contributed by atoms with E-state index in [0.29, 0.717) is 36.0 Å². The first-order valence-electron chi connectivity index (χ1n) is 11.3. The summed E-state index contributed by atoms with van der Waals surface area (Å²) < 4.78 is 32.3. The molecule has 2 aromatic heterocycles. The second-order valence-corrected chi connectivity index (χ2v) is 8.30. The topological polar surface area (TPSA) is 123 Å². The fourth-order valence-electron chi connectivity index (χ4n) is 4.67. The summed E-state index contributed by atoms with van der Waals surface area (Å²) in [6.45, 7) is -0.864. The van der Waals surface area contributed by atoms with E-state index >= 15 is 0 Å². The Morgan fingerprint density at radius 1 is 1.14 bits per heavy atom. The highest BCUT2D eigenvalue weighted by atomic mass is 19.3.